The smallest absolute Gasteiger partial charge is 0.334 e. The molecule has 0 saturated heterocycles. The number of rotatable bonds is 5. The Balaban J connectivity index is 1.83. The summed E-state index contributed by atoms with van der Waals surface area (Å²) in [5.74, 6) is -1.95. The molecular formula is C19H16F3N3O2. The topological polar surface area (TPSA) is 66.9 Å². The van der Waals surface area contributed by atoms with Crippen molar-refractivity contribution in [3.05, 3.63) is 92.4 Å². The van der Waals surface area contributed by atoms with Crippen LogP contribution in [0.3, 0.4) is 0 Å². The highest BCUT2D eigenvalue weighted by molar-refractivity contribution is 5.38. The molecule has 1 atom stereocenters. The Bertz CT molecular complexity index is 1020. The first kappa shape index (κ1) is 18.5. The number of aromatic amines is 1. The molecular weight excluding hydrogens is 359 g/mol. The molecule has 0 amide bonds. The van der Waals surface area contributed by atoms with Crippen LogP contribution >= 0.6 is 0 Å². The summed E-state index contributed by atoms with van der Waals surface area (Å²) in [7, 11) is 0. The van der Waals surface area contributed by atoms with Crippen LogP contribution in [0.5, 0.6) is 0 Å². The summed E-state index contributed by atoms with van der Waals surface area (Å²) in [6, 6.07) is 9.38. The molecule has 1 heterocycles. The Kier molecular flexibility index (Phi) is 5.16. The number of aromatic nitrogens is 2. The molecule has 0 aliphatic rings. The minimum absolute atomic E-state index is 0.173. The molecule has 5 nitrogen and oxygen atoms in total. The van der Waals surface area contributed by atoms with Crippen molar-refractivity contribution < 1.29 is 13.2 Å². The van der Waals surface area contributed by atoms with Gasteiger partial charge in [-0.1, -0.05) is 12.1 Å². The Morgan fingerprint density at radius 2 is 1.59 bits per heavy atom. The van der Waals surface area contributed by atoms with Crippen LogP contribution in [0.15, 0.2) is 58.1 Å². The Labute approximate surface area is 152 Å². The summed E-state index contributed by atoms with van der Waals surface area (Å²) in [6.07, 6.45) is 0.528. The number of hydrogen-bond donors (Lipinski definition) is 2. The first-order valence-electron chi connectivity index (χ1n) is 8.15. The zero-order chi connectivity index (χ0) is 19.6. The van der Waals surface area contributed by atoms with E-state index in [0.29, 0.717) is 17.1 Å². The van der Waals surface area contributed by atoms with Gasteiger partial charge in [0.15, 0.2) is 0 Å². The van der Waals surface area contributed by atoms with Gasteiger partial charge in [-0.15, -0.1) is 0 Å². The third-order valence-corrected chi connectivity index (χ3v) is 3.90. The predicted octanol–water partition coefficient (Wildman–Crippen LogP) is 2.99. The highest BCUT2D eigenvalue weighted by atomic mass is 19.1. The maximum absolute atomic E-state index is 13.4. The lowest BCUT2D eigenvalue weighted by atomic mass is 10.1. The number of halogens is 3. The molecule has 0 radical (unpaired) electrons. The molecule has 2 N–H and O–H groups in total. The normalized spacial score (nSPS) is 12.0. The molecule has 0 aliphatic heterocycles. The van der Waals surface area contributed by atoms with E-state index in [9.17, 15) is 22.8 Å². The van der Waals surface area contributed by atoms with Crippen LogP contribution in [-0.4, -0.2) is 15.6 Å². The van der Waals surface area contributed by atoms with Gasteiger partial charge in [-0.3, -0.25) is 9.78 Å². The number of hydrogen-bond acceptors (Lipinski definition) is 3. The first-order valence-corrected chi connectivity index (χ1v) is 8.15. The van der Waals surface area contributed by atoms with Gasteiger partial charge in [-0.05, 0) is 43.2 Å². The zero-order valence-corrected chi connectivity index (χ0v) is 14.3. The number of H-pyrrole nitrogens is 1. The molecule has 1 aromatic heterocycles. The number of nitrogens with one attached hydrogen (secondary N) is 2. The Morgan fingerprint density at radius 3 is 2.19 bits per heavy atom. The van der Waals surface area contributed by atoms with Crippen molar-refractivity contribution in [1.29, 1.82) is 0 Å². The fourth-order valence-corrected chi connectivity index (χ4v) is 2.78. The molecule has 0 saturated carbocycles. The van der Waals surface area contributed by atoms with Crippen molar-refractivity contribution >= 4 is 5.82 Å². The molecule has 8 heteroatoms. The first-order chi connectivity index (χ1) is 12.8. The van der Waals surface area contributed by atoms with Gasteiger partial charge in [0.1, 0.15) is 23.3 Å². The molecule has 3 aromatic rings. The van der Waals surface area contributed by atoms with Crippen LogP contribution in [0.4, 0.5) is 19.0 Å². The van der Waals surface area contributed by atoms with E-state index in [-0.39, 0.29) is 23.4 Å². The summed E-state index contributed by atoms with van der Waals surface area (Å²) in [6.45, 7) is 1.83. The van der Waals surface area contributed by atoms with Crippen LogP contribution < -0.4 is 16.6 Å². The highest BCUT2D eigenvalue weighted by Gasteiger charge is 2.11. The summed E-state index contributed by atoms with van der Waals surface area (Å²) in [5, 5.41) is 2.98. The minimum Gasteiger partial charge on any atom is -0.369 e. The second-order valence-electron chi connectivity index (χ2n) is 6.17. The second-order valence-corrected chi connectivity index (χ2v) is 6.17. The molecule has 140 valence electrons. The lowest BCUT2D eigenvalue weighted by Crippen LogP contribution is -2.35. The van der Waals surface area contributed by atoms with Gasteiger partial charge in [-0.25, -0.2) is 22.5 Å². The average Bonchev–Trinajstić information content (AvgIpc) is 2.55. The van der Waals surface area contributed by atoms with E-state index in [1.54, 1.807) is 12.1 Å². The van der Waals surface area contributed by atoms with E-state index in [4.69, 9.17) is 0 Å². The predicted molar refractivity (Wildman–Crippen MR) is 95.8 cm³/mol. The van der Waals surface area contributed by atoms with Gasteiger partial charge in [-0.2, -0.15) is 0 Å². The van der Waals surface area contributed by atoms with Gasteiger partial charge < -0.3 is 5.32 Å². The number of anilines is 1. The van der Waals surface area contributed by atoms with Gasteiger partial charge in [0.2, 0.25) is 0 Å². The van der Waals surface area contributed by atoms with Crippen LogP contribution in [0.1, 0.15) is 12.5 Å². The van der Waals surface area contributed by atoms with Gasteiger partial charge in [0.05, 0.1) is 5.69 Å². The van der Waals surface area contributed by atoms with Crippen molar-refractivity contribution in [1.82, 2.24) is 9.55 Å². The summed E-state index contributed by atoms with van der Waals surface area (Å²) in [5.41, 5.74) is -0.892. The molecule has 0 unspecified atom stereocenters. The number of benzene rings is 2. The van der Waals surface area contributed by atoms with Crippen molar-refractivity contribution in [3.8, 4) is 5.69 Å². The maximum atomic E-state index is 13.4. The lowest BCUT2D eigenvalue weighted by molar-refractivity contribution is 0.580. The van der Waals surface area contributed by atoms with E-state index in [2.05, 4.69) is 10.3 Å². The molecule has 27 heavy (non-hydrogen) atoms. The van der Waals surface area contributed by atoms with E-state index in [1.165, 1.54) is 12.1 Å². The maximum Gasteiger partial charge on any atom is 0.334 e. The fourth-order valence-electron chi connectivity index (χ4n) is 2.78. The minimum atomic E-state index is -0.897. The van der Waals surface area contributed by atoms with E-state index in [1.807, 2.05) is 6.92 Å². The van der Waals surface area contributed by atoms with E-state index in [0.717, 1.165) is 23.8 Å². The second kappa shape index (κ2) is 7.53. The van der Waals surface area contributed by atoms with Crippen LogP contribution in [-0.2, 0) is 6.42 Å². The Hall–Kier alpha value is -3.29. The zero-order valence-electron chi connectivity index (χ0n) is 14.3. The molecule has 0 bridgehead atoms. The average molecular weight is 375 g/mol. The monoisotopic (exact) mass is 375 g/mol. The molecule has 0 spiro atoms. The van der Waals surface area contributed by atoms with Crippen molar-refractivity contribution in [2.45, 2.75) is 19.4 Å². The summed E-state index contributed by atoms with van der Waals surface area (Å²) in [4.78, 5) is 27.0. The number of nitrogens with zero attached hydrogens (tertiary/aromatic N) is 1. The van der Waals surface area contributed by atoms with Gasteiger partial charge in [0, 0.05) is 18.2 Å². The van der Waals surface area contributed by atoms with Gasteiger partial charge >= 0.3 is 5.69 Å². The largest absolute Gasteiger partial charge is 0.369 e. The Morgan fingerprint density at radius 1 is 0.963 bits per heavy atom. The standard InChI is InChI=1S/C19H16F3N3O2/c1-11(6-12-2-4-13(20)5-3-12)23-17-10-18(26)25(19(27)24-17)16-8-14(21)7-15(22)9-16/h2-5,7-11,23H,6H2,1H3,(H,24,27)/t11-/m0/s1. The third kappa shape index (κ3) is 4.46. The fraction of sp³-hybridized carbons (Fsp3) is 0.158. The van der Waals surface area contributed by atoms with Crippen molar-refractivity contribution in [2.75, 3.05) is 5.32 Å². The quantitative estimate of drug-likeness (QED) is 0.721. The van der Waals surface area contributed by atoms with E-state index >= 15 is 0 Å². The van der Waals surface area contributed by atoms with Gasteiger partial charge in [0.25, 0.3) is 5.56 Å². The van der Waals surface area contributed by atoms with Crippen molar-refractivity contribution in [2.24, 2.45) is 0 Å². The summed E-state index contributed by atoms with van der Waals surface area (Å²) < 4.78 is 40.3. The molecule has 0 fully saturated rings. The summed E-state index contributed by atoms with van der Waals surface area (Å²) >= 11 is 0. The molecule has 2 aromatic carbocycles. The van der Waals surface area contributed by atoms with Crippen LogP contribution in [0.2, 0.25) is 0 Å². The van der Waals surface area contributed by atoms with Crippen LogP contribution in [0.25, 0.3) is 5.69 Å². The SMILES string of the molecule is C[C@@H](Cc1ccc(F)cc1)Nc1cc(=O)n(-c2cc(F)cc(F)c2)c(=O)[nH]1. The van der Waals surface area contributed by atoms with E-state index < -0.39 is 22.9 Å². The van der Waals surface area contributed by atoms with Crippen LogP contribution in [0, 0.1) is 17.5 Å². The third-order valence-electron chi connectivity index (χ3n) is 3.90. The molecule has 3 rings (SSSR count). The highest BCUT2D eigenvalue weighted by Crippen LogP contribution is 2.11. The lowest BCUT2D eigenvalue weighted by Gasteiger charge is -2.15. The molecule has 0 aliphatic carbocycles. The van der Waals surface area contributed by atoms with Crippen molar-refractivity contribution in [3.63, 3.8) is 0 Å².